The van der Waals surface area contributed by atoms with Crippen LogP contribution < -0.4 is 4.74 Å². The van der Waals surface area contributed by atoms with Gasteiger partial charge < -0.3 is 9.84 Å². The van der Waals surface area contributed by atoms with Crippen molar-refractivity contribution >= 4 is 6.09 Å². The fourth-order valence-electron chi connectivity index (χ4n) is 1.25. The lowest BCUT2D eigenvalue weighted by Gasteiger charge is -2.13. The van der Waals surface area contributed by atoms with Gasteiger partial charge in [-0.05, 0) is 17.7 Å². The molecule has 1 N–H and O–H groups in total. The van der Waals surface area contributed by atoms with Crippen molar-refractivity contribution in [3.05, 3.63) is 52.3 Å². The molecule has 0 saturated heterocycles. The number of ether oxygens (including phenoxy) is 1. The van der Waals surface area contributed by atoms with Gasteiger partial charge in [0.1, 0.15) is 5.75 Å². The standard InChI is InChI=1S/C11H12N2O5/c1-18-10-4-2-9(3-5-10)8-12(11(14)15)6-7-13(16)17/h2-7H,8H2,1H3,(H,14,15). The lowest BCUT2D eigenvalue weighted by molar-refractivity contribution is -0.403. The van der Waals surface area contributed by atoms with Crippen LogP contribution in [-0.2, 0) is 6.54 Å². The first-order valence-electron chi connectivity index (χ1n) is 4.97. The third kappa shape index (κ3) is 4.12. The molecule has 1 aromatic rings. The van der Waals surface area contributed by atoms with Crippen molar-refractivity contribution in [2.45, 2.75) is 6.54 Å². The summed E-state index contributed by atoms with van der Waals surface area (Å²) in [6.07, 6.45) is 0.230. The van der Waals surface area contributed by atoms with Crippen LogP contribution in [0, 0.1) is 10.1 Å². The summed E-state index contributed by atoms with van der Waals surface area (Å²) >= 11 is 0. The smallest absolute Gasteiger partial charge is 0.411 e. The molecule has 18 heavy (non-hydrogen) atoms. The first kappa shape index (κ1) is 13.5. The number of nitrogens with zero attached hydrogens (tertiary/aromatic N) is 2. The van der Waals surface area contributed by atoms with Gasteiger partial charge in [-0.2, -0.15) is 0 Å². The molecule has 1 amide bonds. The van der Waals surface area contributed by atoms with Gasteiger partial charge in [-0.3, -0.25) is 15.0 Å². The summed E-state index contributed by atoms with van der Waals surface area (Å²) in [4.78, 5) is 21.1. The van der Waals surface area contributed by atoms with E-state index in [2.05, 4.69) is 0 Å². The van der Waals surface area contributed by atoms with E-state index in [0.29, 0.717) is 17.5 Å². The molecule has 0 aliphatic rings. The molecule has 0 bridgehead atoms. The molecule has 1 aromatic carbocycles. The zero-order valence-corrected chi connectivity index (χ0v) is 9.65. The fraction of sp³-hybridized carbons (Fsp3) is 0.182. The van der Waals surface area contributed by atoms with Gasteiger partial charge in [0.25, 0.3) is 6.20 Å². The second-order valence-electron chi connectivity index (χ2n) is 3.34. The average molecular weight is 252 g/mol. The number of benzene rings is 1. The van der Waals surface area contributed by atoms with E-state index in [4.69, 9.17) is 9.84 Å². The first-order valence-corrected chi connectivity index (χ1v) is 4.97. The second-order valence-corrected chi connectivity index (χ2v) is 3.34. The number of methoxy groups -OCH3 is 1. The molecule has 96 valence electrons. The molecule has 0 radical (unpaired) electrons. The summed E-state index contributed by atoms with van der Waals surface area (Å²) in [5.41, 5.74) is 0.700. The third-order valence-corrected chi connectivity index (χ3v) is 2.13. The monoisotopic (exact) mass is 252 g/mol. The topological polar surface area (TPSA) is 92.9 Å². The molecule has 0 aromatic heterocycles. The molecule has 7 heteroatoms. The van der Waals surface area contributed by atoms with Gasteiger partial charge in [0.05, 0.1) is 24.8 Å². The lowest BCUT2D eigenvalue weighted by atomic mass is 10.2. The first-order chi connectivity index (χ1) is 8.52. The second kappa shape index (κ2) is 6.24. The van der Waals surface area contributed by atoms with Gasteiger partial charge in [-0.15, -0.1) is 0 Å². The van der Waals surface area contributed by atoms with Gasteiger partial charge in [0.15, 0.2) is 0 Å². The highest BCUT2D eigenvalue weighted by molar-refractivity contribution is 5.66. The maximum Gasteiger partial charge on any atom is 0.411 e. The minimum atomic E-state index is -1.26. The van der Waals surface area contributed by atoms with Crippen molar-refractivity contribution in [2.24, 2.45) is 0 Å². The van der Waals surface area contributed by atoms with Crippen LogP contribution in [0.1, 0.15) is 5.56 Å². The van der Waals surface area contributed by atoms with E-state index in [0.717, 1.165) is 11.1 Å². The molecular formula is C11H12N2O5. The van der Waals surface area contributed by atoms with E-state index in [9.17, 15) is 14.9 Å². The van der Waals surface area contributed by atoms with Gasteiger partial charge in [-0.25, -0.2) is 4.79 Å². The Kier molecular flexibility index (Phi) is 4.67. The van der Waals surface area contributed by atoms with E-state index < -0.39 is 11.0 Å². The Hall–Kier alpha value is -2.57. The minimum Gasteiger partial charge on any atom is -0.497 e. The molecule has 0 fully saturated rings. The maximum absolute atomic E-state index is 10.9. The molecule has 0 aliphatic heterocycles. The van der Waals surface area contributed by atoms with Crippen LogP contribution in [-0.4, -0.2) is 28.1 Å². The van der Waals surface area contributed by atoms with E-state index in [-0.39, 0.29) is 6.54 Å². The van der Waals surface area contributed by atoms with Crippen LogP contribution >= 0.6 is 0 Å². The van der Waals surface area contributed by atoms with Gasteiger partial charge >= 0.3 is 6.09 Å². The number of amides is 1. The molecule has 0 aliphatic carbocycles. The number of rotatable bonds is 5. The molecule has 0 spiro atoms. The molecule has 1 rings (SSSR count). The predicted octanol–water partition coefficient (Wildman–Crippen LogP) is 1.92. The number of carboxylic acid groups (broad SMARTS) is 1. The molecular weight excluding hydrogens is 240 g/mol. The Morgan fingerprint density at radius 1 is 1.50 bits per heavy atom. The fourth-order valence-corrected chi connectivity index (χ4v) is 1.25. The SMILES string of the molecule is COc1ccc(CN(C=C[N+](=O)[O-])C(=O)O)cc1. The predicted molar refractivity (Wildman–Crippen MR) is 62.7 cm³/mol. The summed E-state index contributed by atoms with van der Waals surface area (Å²) in [6, 6.07) is 6.75. The quantitative estimate of drug-likeness (QED) is 0.638. The highest BCUT2D eigenvalue weighted by atomic mass is 16.6. The molecule has 0 atom stereocenters. The average Bonchev–Trinajstić information content (AvgIpc) is 2.34. The molecule has 0 heterocycles. The number of hydrogen-bond acceptors (Lipinski definition) is 4. The van der Waals surface area contributed by atoms with Crippen LogP contribution in [0.15, 0.2) is 36.7 Å². The highest BCUT2D eigenvalue weighted by Gasteiger charge is 2.10. The third-order valence-electron chi connectivity index (χ3n) is 2.13. The van der Waals surface area contributed by atoms with E-state index in [1.54, 1.807) is 24.3 Å². The zero-order valence-electron chi connectivity index (χ0n) is 9.65. The number of nitro groups is 1. The molecule has 0 saturated carbocycles. The number of carbonyl (C=O) groups is 1. The van der Waals surface area contributed by atoms with Crippen molar-refractivity contribution < 1.29 is 19.6 Å². The van der Waals surface area contributed by atoms with E-state index in [1.165, 1.54) is 7.11 Å². The summed E-state index contributed by atoms with van der Waals surface area (Å²) in [5.74, 6) is 0.654. The Morgan fingerprint density at radius 2 is 2.11 bits per heavy atom. The van der Waals surface area contributed by atoms with Crippen LogP contribution in [0.2, 0.25) is 0 Å². The van der Waals surface area contributed by atoms with Crippen molar-refractivity contribution in [3.8, 4) is 5.75 Å². The van der Waals surface area contributed by atoms with Crippen LogP contribution in [0.3, 0.4) is 0 Å². The van der Waals surface area contributed by atoms with Crippen LogP contribution in [0.4, 0.5) is 4.79 Å². The minimum absolute atomic E-state index is 0.0314. The van der Waals surface area contributed by atoms with Gasteiger partial charge in [0.2, 0.25) is 0 Å². The summed E-state index contributed by atoms with van der Waals surface area (Å²) in [5, 5.41) is 19.0. The van der Waals surface area contributed by atoms with Crippen LogP contribution in [0.5, 0.6) is 5.75 Å². The number of hydrogen-bond donors (Lipinski definition) is 1. The van der Waals surface area contributed by atoms with Crippen molar-refractivity contribution in [1.29, 1.82) is 0 Å². The Morgan fingerprint density at radius 3 is 2.56 bits per heavy atom. The van der Waals surface area contributed by atoms with E-state index >= 15 is 0 Å². The van der Waals surface area contributed by atoms with Gasteiger partial charge in [0, 0.05) is 0 Å². The lowest BCUT2D eigenvalue weighted by Crippen LogP contribution is -2.23. The largest absolute Gasteiger partial charge is 0.497 e. The Balaban J connectivity index is 2.76. The Labute approximate surface area is 103 Å². The summed E-state index contributed by atoms with van der Waals surface area (Å²) in [7, 11) is 1.53. The van der Waals surface area contributed by atoms with E-state index in [1.807, 2.05) is 0 Å². The zero-order chi connectivity index (χ0) is 13.5. The maximum atomic E-state index is 10.9. The van der Waals surface area contributed by atoms with Crippen molar-refractivity contribution in [1.82, 2.24) is 4.90 Å². The summed E-state index contributed by atoms with van der Waals surface area (Å²) < 4.78 is 4.97. The normalized spacial score (nSPS) is 10.3. The van der Waals surface area contributed by atoms with Crippen molar-refractivity contribution in [3.63, 3.8) is 0 Å². The van der Waals surface area contributed by atoms with Crippen molar-refractivity contribution in [2.75, 3.05) is 7.11 Å². The highest BCUT2D eigenvalue weighted by Crippen LogP contribution is 2.13. The van der Waals surface area contributed by atoms with Gasteiger partial charge in [-0.1, -0.05) is 12.1 Å². The molecule has 0 unspecified atom stereocenters. The summed E-state index contributed by atoms with van der Waals surface area (Å²) in [6.45, 7) is 0.0314. The Bertz CT molecular complexity index is 455. The van der Waals surface area contributed by atoms with Crippen LogP contribution in [0.25, 0.3) is 0 Å². The molecule has 7 nitrogen and oxygen atoms in total.